The minimum absolute atomic E-state index is 0.155. The van der Waals surface area contributed by atoms with Crippen LogP contribution in [-0.2, 0) is 11.3 Å². The standard InChI is InChI=1S/C17H16FN5O3/c1-25-13-6-7-14(15(9-13)26-2)19-16(24)10-23-21-17(20-22-23)11-4-3-5-12(18)8-11/h3-9H,10H2,1-2H3,(H,19,24). The van der Waals surface area contributed by atoms with Crippen LogP contribution in [0.2, 0.25) is 0 Å². The minimum Gasteiger partial charge on any atom is -0.497 e. The molecule has 0 saturated carbocycles. The number of nitrogens with one attached hydrogen (secondary N) is 1. The van der Waals surface area contributed by atoms with Gasteiger partial charge in [0.05, 0.1) is 19.9 Å². The van der Waals surface area contributed by atoms with E-state index in [2.05, 4.69) is 20.7 Å². The van der Waals surface area contributed by atoms with Gasteiger partial charge in [0.25, 0.3) is 0 Å². The number of halogens is 1. The Morgan fingerprint density at radius 2 is 2.04 bits per heavy atom. The van der Waals surface area contributed by atoms with Crippen LogP contribution in [0.4, 0.5) is 10.1 Å². The molecule has 9 heteroatoms. The predicted octanol–water partition coefficient (Wildman–Crippen LogP) is 2.14. The number of nitrogens with zero attached hydrogens (tertiary/aromatic N) is 4. The molecule has 26 heavy (non-hydrogen) atoms. The maximum atomic E-state index is 13.3. The van der Waals surface area contributed by atoms with E-state index in [1.54, 1.807) is 37.4 Å². The number of anilines is 1. The Kier molecular flexibility index (Phi) is 5.07. The number of methoxy groups -OCH3 is 2. The van der Waals surface area contributed by atoms with Gasteiger partial charge < -0.3 is 14.8 Å². The summed E-state index contributed by atoms with van der Waals surface area (Å²) in [5, 5.41) is 14.5. The fourth-order valence-corrected chi connectivity index (χ4v) is 2.27. The van der Waals surface area contributed by atoms with Gasteiger partial charge in [-0.3, -0.25) is 4.79 Å². The van der Waals surface area contributed by atoms with Crippen LogP contribution < -0.4 is 14.8 Å². The summed E-state index contributed by atoms with van der Waals surface area (Å²) in [6, 6.07) is 10.9. The van der Waals surface area contributed by atoms with Gasteiger partial charge in [-0.05, 0) is 29.5 Å². The van der Waals surface area contributed by atoms with Gasteiger partial charge >= 0.3 is 0 Å². The minimum atomic E-state index is -0.400. The lowest BCUT2D eigenvalue weighted by atomic mass is 10.2. The first-order chi connectivity index (χ1) is 12.6. The first-order valence-electron chi connectivity index (χ1n) is 7.64. The molecule has 1 heterocycles. The number of carbonyl (C=O) groups excluding carboxylic acids is 1. The summed E-state index contributed by atoms with van der Waals surface area (Å²) in [5.74, 6) is 0.543. The Hall–Kier alpha value is -3.49. The molecule has 1 N–H and O–H groups in total. The zero-order valence-corrected chi connectivity index (χ0v) is 14.1. The molecule has 0 aliphatic rings. The molecule has 0 unspecified atom stereocenters. The van der Waals surface area contributed by atoms with Gasteiger partial charge in [0.1, 0.15) is 23.9 Å². The summed E-state index contributed by atoms with van der Waals surface area (Å²) >= 11 is 0. The van der Waals surface area contributed by atoms with Crippen molar-refractivity contribution >= 4 is 11.6 Å². The zero-order chi connectivity index (χ0) is 18.5. The molecule has 0 atom stereocenters. The van der Waals surface area contributed by atoms with Gasteiger partial charge in [-0.1, -0.05) is 12.1 Å². The quantitative estimate of drug-likeness (QED) is 0.727. The van der Waals surface area contributed by atoms with Crippen molar-refractivity contribution in [3.05, 3.63) is 48.3 Å². The molecule has 0 spiro atoms. The highest BCUT2D eigenvalue weighted by Gasteiger charge is 2.12. The summed E-state index contributed by atoms with van der Waals surface area (Å²) in [6.07, 6.45) is 0. The van der Waals surface area contributed by atoms with Crippen LogP contribution in [0.5, 0.6) is 11.5 Å². The molecule has 0 saturated heterocycles. The highest BCUT2D eigenvalue weighted by molar-refractivity contribution is 5.92. The smallest absolute Gasteiger partial charge is 0.248 e. The van der Waals surface area contributed by atoms with E-state index >= 15 is 0 Å². The summed E-state index contributed by atoms with van der Waals surface area (Å²) in [5.41, 5.74) is 0.970. The van der Waals surface area contributed by atoms with E-state index in [1.165, 1.54) is 19.2 Å². The number of carbonyl (C=O) groups is 1. The van der Waals surface area contributed by atoms with E-state index in [4.69, 9.17) is 9.47 Å². The van der Waals surface area contributed by atoms with E-state index < -0.39 is 5.82 Å². The number of ether oxygens (including phenoxy) is 2. The molecule has 0 fully saturated rings. The Morgan fingerprint density at radius 1 is 1.19 bits per heavy atom. The molecular formula is C17H16FN5O3. The fourth-order valence-electron chi connectivity index (χ4n) is 2.27. The molecule has 2 aromatic carbocycles. The highest BCUT2D eigenvalue weighted by Crippen LogP contribution is 2.28. The summed E-state index contributed by atoms with van der Waals surface area (Å²) in [6.45, 7) is -0.155. The van der Waals surface area contributed by atoms with Gasteiger partial charge in [-0.2, -0.15) is 4.80 Å². The molecule has 0 bridgehead atoms. The molecule has 8 nitrogen and oxygen atoms in total. The predicted molar refractivity (Wildman–Crippen MR) is 91.4 cm³/mol. The van der Waals surface area contributed by atoms with Crippen molar-refractivity contribution in [2.24, 2.45) is 0 Å². The molecule has 3 aromatic rings. The fraction of sp³-hybridized carbons (Fsp3) is 0.176. The third kappa shape index (κ3) is 3.94. The number of hydrogen-bond acceptors (Lipinski definition) is 6. The normalized spacial score (nSPS) is 10.4. The van der Waals surface area contributed by atoms with Crippen molar-refractivity contribution in [2.45, 2.75) is 6.54 Å². The van der Waals surface area contributed by atoms with Crippen molar-refractivity contribution < 1.29 is 18.7 Å². The van der Waals surface area contributed by atoms with Gasteiger partial charge in [0.2, 0.25) is 11.7 Å². The Labute approximate surface area is 148 Å². The number of aromatic nitrogens is 4. The van der Waals surface area contributed by atoms with Crippen LogP contribution in [0.3, 0.4) is 0 Å². The van der Waals surface area contributed by atoms with E-state index in [1.807, 2.05) is 0 Å². The number of tetrazole rings is 1. The average Bonchev–Trinajstić information content (AvgIpc) is 3.10. The van der Waals surface area contributed by atoms with E-state index in [9.17, 15) is 9.18 Å². The second-order valence-electron chi connectivity index (χ2n) is 5.27. The molecule has 3 rings (SSSR count). The monoisotopic (exact) mass is 357 g/mol. The van der Waals surface area contributed by atoms with Gasteiger partial charge in [-0.15, -0.1) is 10.2 Å². The van der Waals surface area contributed by atoms with Crippen LogP contribution in [-0.4, -0.2) is 40.3 Å². The zero-order valence-electron chi connectivity index (χ0n) is 14.1. The second kappa shape index (κ2) is 7.60. The maximum absolute atomic E-state index is 13.3. The maximum Gasteiger partial charge on any atom is 0.248 e. The number of hydrogen-bond donors (Lipinski definition) is 1. The van der Waals surface area contributed by atoms with Gasteiger partial charge in [0, 0.05) is 11.6 Å². The third-order valence-corrected chi connectivity index (χ3v) is 3.50. The summed E-state index contributed by atoms with van der Waals surface area (Å²) < 4.78 is 23.6. The number of benzene rings is 2. The molecule has 0 aliphatic heterocycles. The lowest BCUT2D eigenvalue weighted by Crippen LogP contribution is -2.20. The number of amides is 1. The van der Waals surface area contributed by atoms with E-state index in [-0.39, 0.29) is 18.3 Å². The van der Waals surface area contributed by atoms with Crippen molar-refractivity contribution in [1.29, 1.82) is 0 Å². The lowest BCUT2D eigenvalue weighted by molar-refractivity contribution is -0.117. The second-order valence-corrected chi connectivity index (χ2v) is 5.27. The van der Waals surface area contributed by atoms with Crippen LogP contribution in [0.15, 0.2) is 42.5 Å². The molecule has 0 aliphatic carbocycles. The largest absolute Gasteiger partial charge is 0.497 e. The molecule has 1 aromatic heterocycles. The van der Waals surface area contributed by atoms with Gasteiger partial charge in [-0.25, -0.2) is 4.39 Å². The Balaban J connectivity index is 1.69. The average molecular weight is 357 g/mol. The van der Waals surface area contributed by atoms with Crippen LogP contribution in [0, 0.1) is 5.82 Å². The van der Waals surface area contributed by atoms with Crippen LogP contribution in [0.25, 0.3) is 11.4 Å². The third-order valence-electron chi connectivity index (χ3n) is 3.50. The Morgan fingerprint density at radius 3 is 2.77 bits per heavy atom. The molecule has 0 radical (unpaired) electrons. The van der Waals surface area contributed by atoms with Crippen molar-refractivity contribution in [2.75, 3.05) is 19.5 Å². The van der Waals surface area contributed by atoms with Crippen molar-refractivity contribution in [3.63, 3.8) is 0 Å². The summed E-state index contributed by atoms with van der Waals surface area (Å²) in [4.78, 5) is 13.3. The SMILES string of the molecule is COc1ccc(NC(=O)Cn2nnc(-c3cccc(F)c3)n2)c(OC)c1. The van der Waals surface area contributed by atoms with E-state index in [0.717, 1.165) is 4.80 Å². The first kappa shape index (κ1) is 17.3. The van der Waals surface area contributed by atoms with Crippen molar-refractivity contribution in [3.8, 4) is 22.9 Å². The summed E-state index contributed by atoms with van der Waals surface area (Å²) in [7, 11) is 3.04. The molecule has 134 valence electrons. The number of rotatable bonds is 6. The molecular weight excluding hydrogens is 341 g/mol. The topological polar surface area (TPSA) is 91.2 Å². The Bertz CT molecular complexity index is 928. The van der Waals surface area contributed by atoms with Crippen LogP contribution in [0.1, 0.15) is 0 Å². The first-order valence-corrected chi connectivity index (χ1v) is 7.64. The lowest BCUT2D eigenvalue weighted by Gasteiger charge is -2.11. The molecule has 1 amide bonds. The highest BCUT2D eigenvalue weighted by atomic mass is 19.1. The van der Waals surface area contributed by atoms with E-state index in [0.29, 0.717) is 22.7 Å². The van der Waals surface area contributed by atoms with Crippen molar-refractivity contribution in [1.82, 2.24) is 20.2 Å². The van der Waals surface area contributed by atoms with Crippen LogP contribution >= 0.6 is 0 Å². The van der Waals surface area contributed by atoms with Gasteiger partial charge in [0.15, 0.2) is 0 Å².